The summed E-state index contributed by atoms with van der Waals surface area (Å²) >= 11 is 0. The third-order valence-electron chi connectivity index (χ3n) is 4.58. The number of nitrogens with zero attached hydrogens (tertiary/aromatic N) is 3. The number of carbonyl (C=O) groups excluding carboxylic acids is 1. The fourth-order valence-electron chi connectivity index (χ4n) is 2.70. The average Bonchev–Trinajstić information content (AvgIpc) is 3.19. The normalized spacial score (nSPS) is 12.4. The number of carbonyl (C=O) groups is 1. The Hall–Kier alpha value is -3.29. The van der Waals surface area contributed by atoms with Crippen molar-refractivity contribution in [2.24, 2.45) is 5.41 Å². The number of hydrogen-bond acceptors (Lipinski definition) is 6. The minimum absolute atomic E-state index is 0.155. The van der Waals surface area contributed by atoms with Gasteiger partial charge in [-0.3, -0.25) is 9.78 Å². The van der Waals surface area contributed by atoms with Crippen molar-refractivity contribution in [3.05, 3.63) is 60.5 Å². The van der Waals surface area contributed by atoms with E-state index in [9.17, 15) is 9.18 Å². The Morgan fingerprint density at radius 3 is 2.73 bits per heavy atom. The standard InChI is InChI=1S/C22H25FN4O3/c1-22(2,3)18(14-29-17-9-5-4-8-16(17)23)25-19(28)10-11-20-26-21(27-30-20)15-7-6-12-24-13-15/h4-9,12-13,18H,10-11,14H2,1-3H3,(H,25,28). The van der Waals surface area contributed by atoms with Gasteiger partial charge in [0.15, 0.2) is 11.6 Å². The van der Waals surface area contributed by atoms with E-state index in [-0.39, 0.29) is 36.1 Å². The van der Waals surface area contributed by atoms with Gasteiger partial charge < -0.3 is 14.6 Å². The molecule has 8 heteroatoms. The highest BCUT2D eigenvalue weighted by Gasteiger charge is 2.27. The van der Waals surface area contributed by atoms with Crippen LogP contribution in [0.1, 0.15) is 33.1 Å². The molecule has 0 aliphatic carbocycles. The fraction of sp³-hybridized carbons (Fsp3) is 0.364. The molecule has 2 aromatic heterocycles. The molecule has 0 aliphatic heterocycles. The van der Waals surface area contributed by atoms with Gasteiger partial charge in [-0.25, -0.2) is 4.39 Å². The summed E-state index contributed by atoms with van der Waals surface area (Å²) in [5, 5.41) is 6.89. The molecular formula is C22H25FN4O3. The molecule has 30 heavy (non-hydrogen) atoms. The van der Waals surface area contributed by atoms with Gasteiger partial charge in [-0.15, -0.1) is 0 Å². The largest absolute Gasteiger partial charge is 0.488 e. The minimum atomic E-state index is -0.433. The number of para-hydroxylation sites is 1. The molecule has 1 amide bonds. The summed E-state index contributed by atoms with van der Waals surface area (Å²) in [5.74, 6) is 0.364. The van der Waals surface area contributed by atoms with Crippen LogP contribution in [0.3, 0.4) is 0 Å². The van der Waals surface area contributed by atoms with Crippen LogP contribution in [0, 0.1) is 11.2 Å². The molecule has 3 rings (SSSR count). The Morgan fingerprint density at radius 1 is 1.23 bits per heavy atom. The van der Waals surface area contributed by atoms with Gasteiger partial charge in [-0.1, -0.05) is 38.1 Å². The average molecular weight is 412 g/mol. The lowest BCUT2D eigenvalue weighted by atomic mass is 9.87. The van der Waals surface area contributed by atoms with Crippen molar-refractivity contribution in [1.82, 2.24) is 20.4 Å². The highest BCUT2D eigenvalue weighted by molar-refractivity contribution is 5.76. The lowest BCUT2D eigenvalue weighted by molar-refractivity contribution is -0.123. The van der Waals surface area contributed by atoms with Gasteiger partial charge in [0.2, 0.25) is 17.6 Å². The molecule has 1 unspecified atom stereocenters. The molecule has 3 aromatic rings. The second-order valence-corrected chi connectivity index (χ2v) is 7.98. The van der Waals surface area contributed by atoms with E-state index < -0.39 is 5.82 Å². The highest BCUT2D eigenvalue weighted by Crippen LogP contribution is 2.22. The number of pyridine rings is 1. The molecule has 7 nitrogen and oxygen atoms in total. The van der Waals surface area contributed by atoms with Gasteiger partial charge in [0.25, 0.3) is 0 Å². The van der Waals surface area contributed by atoms with Crippen LogP contribution in [-0.4, -0.2) is 33.7 Å². The minimum Gasteiger partial charge on any atom is -0.488 e. The summed E-state index contributed by atoms with van der Waals surface area (Å²) in [7, 11) is 0. The summed E-state index contributed by atoms with van der Waals surface area (Å²) in [4.78, 5) is 20.8. The van der Waals surface area contributed by atoms with Crippen LogP contribution in [0.4, 0.5) is 4.39 Å². The molecule has 0 fully saturated rings. The van der Waals surface area contributed by atoms with Crippen LogP contribution in [0.5, 0.6) is 5.75 Å². The van der Waals surface area contributed by atoms with Crippen molar-refractivity contribution in [2.45, 2.75) is 39.7 Å². The van der Waals surface area contributed by atoms with Crippen LogP contribution in [0.15, 0.2) is 53.3 Å². The monoisotopic (exact) mass is 412 g/mol. The summed E-state index contributed by atoms with van der Waals surface area (Å²) in [6.45, 7) is 6.12. The molecule has 0 bridgehead atoms. The predicted molar refractivity (Wildman–Crippen MR) is 109 cm³/mol. The number of hydrogen-bond donors (Lipinski definition) is 1. The first-order valence-electron chi connectivity index (χ1n) is 9.72. The van der Waals surface area contributed by atoms with Crippen molar-refractivity contribution in [1.29, 1.82) is 0 Å². The van der Waals surface area contributed by atoms with E-state index in [1.165, 1.54) is 6.07 Å². The molecule has 158 valence electrons. The number of halogens is 1. The third kappa shape index (κ3) is 5.85. The maximum Gasteiger partial charge on any atom is 0.227 e. The number of aryl methyl sites for hydroxylation is 1. The lowest BCUT2D eigenvalue weighted by Crippen LogP contribution is -2.47. The number of ether oxygens (including phenoxy) is 1. The zero-order valence-electron chi connectivity index (χ0n) is 17.3. The zero-order valence-corrected chi connectivity index (χ0v) is 17.3. The number of aromatic nitrogens is 3. The van der Waals surface area contributed by atoms with Crippen molar-refractivity contribution in [3.63, 3.8) is 0 Å². The molecule has 1 atom stereocenters. The second kappa shape index (κ2) is 9.47. The molecule has 0 saturated carbocycles. The Labute approximate surface area is 174 Å². The van der Waals surface area contributed by atoms with Crippen molar-refractivity contribution in [2.75, 3.05) is 6.61 Å². The maximum absolute atomic E-state index is 13.8. The highest BCUT2D eigenvalue weighted by atomic mass is 19.1. The van der Waals surface area contributed by atoms with Gasteiger partial charge in [-0.05, 0) is 29.7 Å². The van der Waals surface area contributed by atoms with Crippen LogP contribution >= 0.6 is 0 Å². The van der Waals surface area contributed by atoms with Gasteiger partial charge >= 0.3 is 0 Å². The number of benzene rings is 1. The smallest absolute Gasteiger partial charge is 0.227 e. The predicted octanol–water partition coefficient (Wildman–Crippen LogP) is 3.81. The Kier molecular flexibility index (Phi) is 6.76. The quantitative estimate of drug-likeness (QED) is 0.605. The van der Waals surface area contributed by atoms with Crippen LogP contribution in [-0.2, 0) is 11.2 Å². The van der Waals surface area contributed by atoms with Crippen LogP contribution in [0.2, 0.25) is 0 Å². The second-order valence-electron chi connectivity index (χ2n) is 7.98. The van der Waals surface area contributed by atoms with E-state index in [0.717, 1.165) is 5.56 Å². The fourth-order valence-corrected chi connectivity index (χ4v) is 2.70. The Morgan fingerprint density at radius 2 is 2.03 bits per heavy atom. The summed E-state index contributed by atoms with van der Waals surface area (Å²) in [6.07, 6.45) is 3.80. The van der Waals surface area contributed by atoms with Crippen molar-refractivity contribution in [3.8, 4) is 17.1 Å². The summed E-state index contributed by atoms with van der Waals surface area (Å²) in [5.41, 5.74) is 0.467. The molecular weight excluding hydrogens is 387 g/mol. The summed E-state index contributed by atoms with van der Waals surface area (Å²) in [6, 6.07) is 9.51. The Balaban J connectivity index is 1.54. The molecule has 0 radical (unpaired) electrons. The first-order chi connectivity index (χ1) is 14.3. The lowest BCUT2D eigenvalue weighted by Gasteiger charge is -2.31. The van der Waals surface area contributed by atoms with E-state index in [2.05, 4.69) is 20.4 Å². The first kappa shape index (κ1) is 21.4. The maximum atomic E-state index is 13.8. The van der Waals surface area contributed by atoms with Crippen molar-refractivity contribution < 1.29 is 18.4 Å². The molecule has 1 aromatic carbocycles. The van der Waals surface area contributed by atoms with Crippen LogP contribution < -0.4 is 10.1 Å². The van der Waals surface area contributed by atoms with E-state index in [4.69, 9.17) is 9.26 Å². The van der Waals surface area contributed by atoms with E-state index in [1.807, 2.05) is 26.8 Å². The summed E-state index contributed by atoms with van der Waals surface area (Å²) < 4.78 is 24.6. The molecule has 0 aliphatic rings. The molecule has 0 saturated heterocycles. The number of rotatable bonds is 8. The SMILES string of the molecule is CC(C)(C)C(COc1ccccc1F)NC(=O)CCc1nc(-c2cccnc2)no1. The van der Waals surface area contributed by atoms with Crippen LogP contribution in [0.25, 0.3) is 11.4 Å². The first-order valence-corrected chi connectivity index (χ1v) is 9.72. The van der Waals surface area contributed by atoms with Gasteiger partial charge in [0.05, 0.1) is 6.04 Å². The molecule has 1 N–H and O–H groups in total. The van der Waals surface area contributed by atoms with Gasteiger partial charge in [0.1, 0.15) is 6.61 Å². The van der Waals surface area contributed by atoms with E-state index in [0.29, 0.717) is 18.1 Å². The topological polar surface area (TPSA) is 90.1 Å². The Bertz CT molecular complexity index is 970. The van der Waals surface area contributed by atoms with Crippen molar-refractivity contribution >= 4 is 5.91 Å². The number of amides is 1. The van der Waals surface area contributed by atoms with Gasteiger partial charge in [0, 0.05) is 30.8 Å². The van der Waals surface area contributed by atoms with Gasteiger partial charge in [-0.2, -0.15) is 4.98 Å². The molecule has 2 heterocycles. The zero-order chi connectivity index (χ0) is 21.6. The number of nitrogens with one attached hydrogen (secondary N) is 1. The third-order valence-corrected chi connectivity index (χ3v) is 4.58. The molecule has 0 spiro atoms. The van der Waals surface area contributed by atoms with E-state index in [1.54, 1.807) is 36.7 Å². The van der Waals surface area contributed by atoms with E-state index >= 15 is 0 Å².